The van der Waals surface area contributed by atoms with Crippen LogP contribution in [0.5, 0.6) is 0 Å². The van der Waals surface area contributed by atoms with Gasteiger partial charge in [-0.05, 0) is 49.2 Å². The molecule has 0 unspecified atom stereocenters. The average Bonchev–Trinajstić information content (AvgIpc) is 3.26. The Labute approximate surface area is 188 Å². The van der Waals surface area contributed by atoms with Gasteiger partial charge in [-0.3, -0.25) is 4.79 Å². The topological polar surface area (TPSA) is 92.8 Å². The van der Waals surface area contributed by atoms with Crippen molar-refractivity contribution in [2.24, 2.45) is 0 Å². The van der Waals surface area contributed by atoms with Gasteiger partial charge in [-0.2, -0.15) is 4.31 Å². The smallest absolute Gasteiger partial charge is 0.338 e. The Balaban J connectivity index is 1.58. The Kier molecular flexibility index (Phi) is 7.26. The minimum atomic E-state index is -3.57. The standard InChI is InChI=1S/C19H17Cl3N2O5S/c20-14-9-16(22)17(10-15(14)21)23-18(25)11-29-19(26)12-3-5-13(6-4-12)30(27,28)24-7-1-2-8-24/h3-6,9-10H,1-2,7-8,11H2,(H,23,25). The second-order valence-corrected chi connectivity index (χ2v) is 9.67. The van der Waals surface area contributed by atoms with Gasteiger partial charge in [0, 0.05) is 13.1 Å². The van der Waals surface area contributed by atoms with E-state index in [-0.39, 0.29) is 31.2 Å². The van der Waals surface area contributed by atoms with E-state index in [9.17, 15) is 18.0 Å². The van der Waals surface area contributed by atoms with Crippen LogP contribution in [0, 0.1) is 0 Å². The van der Waals surface area contributed by atoms with E-state index in [4.69, 9.17) is 39.5 Å². The van der Waals surface area contributed by atoms with Gasteiger partial charge in [0.05, 0.1) is 31.2 Å². The van der Waals surface area contributed by atoms with Crippen molar-refractivity contribution in [3.8, 4) is 0 Å². The molecule has 1 fully saturated rings. The molecule has 11 heteroatoms. The molecule has 1 N–H and O–H groups in total. The number of halogens is 3. The number of rotatable bonds is 6. The first-order valence-electron chi connectivity index (χ1n) is 8.90. The summed E-state index contributed by atoms with van der Waals surface area (Å²) < 4.78 is 31.4. The van der Waals surface area contributed by atoms with Gasteiger partial charge in [0.25, 0.3) is 5.91 Å². The maximum absolute atomic E-state index is 12.5. The van der Waals surface area contributed by atoms with Crippen molar-refractivity contribution in [1.29, 1.82) is 0 Å². The normalized spacial score (nSPS) is 14.5. The van der Waals surface area contributed by atoms with Gasteiger partial charge < -0.3 is 10.1 Å². The molecule has 0 bridgehead atoms. The lowest BCUT2D eigenvalue weighted by Gasteiger charge is -2.15. The first-order valence-corrected chi connectivity index (χ1v) is 11.5. The number of ether oxygens (including phenoxy) is 1. The average molecular weight is 492 g/mol. The monoisotopic (exact) mass is 490 g/mol. The number of amides is 1. The predicted molar refractivity (Wildman–Crippen MR) is 115 cm³/mol. The van der Waals surface area contributed by atoms with Gasteiger partial charge >= 0.3 is 5.97 Å². The number of hydrogen-bond donors (Lipinski definition) is 1. The number of carbonyl (C=O) groups is 2. The number of hydrogen-bond acceptors (Lipinski definition) is 5. The van der Waals surface area contributed by atoms with Crippen LogP contribution in [0.1, 0.15) is 23.2 Å². The van der Waals surface area contributed by atoms with Crippen molar-refractivity contribution in [2.45, 2.75) is 17.7 Å². The third kappa shape index (κ3) is 5.25. The molecule has 30 heavy (non-hydrogen) atoms. The number of carbonyl (C=O) groups excluding carboxylic acids is 2. The van der Waals surface area contributed by atoms with E-state index in [1.54, 1.807) is 0 Å². The summed E-state index contributed by atoms with van der Waals surface area (Å²) in [6.45, 7) is 0.414. The first kappa shape index (κ1) is 22.8. The number of nitrogens with one attached hydrogen (secondary N) is 1. The zero-order valence-electron chi connectivity index (χ0n) is 15.5. The van der Waals surface area contributed by atoms with Gasteiger partial charge in [-0.1, -0.05) is 34.8 Å². The van der Waals surface area contributed by atoms with Crippen LogP contribution in [0.4, 0.5) is 5.69 Å². The lowest BCUT2D eigenvalue weighted by atomic mass is 10.2. The van der Waals surface area contributed by atoms with Gasteiger partial charge in [-0.15, -0.1) is 0 Å². The molecular weight excluding hydrogens is 475 g/mol. The van der Waals surface area contributed by atoms with E-state index < -0.39 is 28.5 Å². The highest BCUT2D eigenvalue weighted by atomic mass is 35.5. The van der Waals surface area contributed by atoms with Crippen LogP contribution in [0.25, 0.3) is 0 Å². The molecule has 1 amide bonds. The Morgan fingerprint density at radius 2 is 1.57 bits per heavy atom. The van der Waals surface area contributed by atoms with Gasteiger partial charge in [0.2, 0.25) is 10.0 Å². The van der Waals surface area contributed by atoms with E-state index in [1.807, 2.05) is 0 Å². The van der Waals surface area contributed by atoms with Crippen LogP contribution in [-0.4, -0.2) is 44.3 Å². The molecule has 1 aliphatic heterocycles. The predicted octanol–water partition coefficient (Wildman–Crippen LogP) is 4.23. The maximum Gasteiger partial charge on any atom is 0.338 e. The third-order valence-corrected chi connectivity index (χ3v) is 7.36. The number of nitrogens with zero attached hydrogens (tertiary/aromatic N) is 1. The summed E-state index contributed by atoms with van der Waals surface area (Å²) in [6, 6.07) is 8.15. The van der Waals surface area contributed by atoms with Gasteiger partial charge in [0.15, 0.2) is 6.61 Å². The highest BCUT2D eigenvalue weighted by Gasteiger charge is 2.27. The molecule has 0 aromatic heterocycles. The highest BCUT2D eigenvalue weighted by Crippen LogP contribution is 2.32. The fourth-order valence-corrected chi connectivity index (χ4v) is 4.97. The number of esters is 1. The quantitative estimate of drug-likeness (QED) is 0.482. The second-order valence-electron chi connectivity index (χ2n) is 6.51. The lowest BCUT2D eigenvalue weighted by Crippen LogP contribution is -2.27. The van der Waals surface area contributed by atoms with Crippen LogP contribution >= 0.6 is 34.8 Å². The van der Waals surface area contributed by atoms with E-state index in [2.05, 4.69) is 5.32 Å². The Morgan fingerprint density at radius 1 is 0.967 bits per heavy atom. The van der Waals surface area contributed by atoms with Crippen LogP contribution in [-0.2, 0) is 19.6 Å². The van der Waals surface area contributed by atoms with E-state index in [1.165, 1.54) is 40.7 Å². The summed E-state index contributed by atoms with van der Waals surface area (Å²) in [5.74, 6) is -1.40. The summed E-state index contributed by atoms with van der Waals surface area (Å²) in [5.41, 5.74) is 0.347. The summed E-state index contributed by atoms with van der Waals surface area (Å²) in [4.78, 5) is 24.3. The van der Waals surface area contributed by atoms with Gasteiger partial charge in [0.1, 0.15) is 0 Å². The minimum Gasteiger partial charge on any atom is -0.452 e. The molecule has 7 nitrogen and oxygen atoms in total. The Hall–Kier alpha value is -1.84. The largest absolute Gasteiger partial charge is 0.452 e. The second kappa shape index (κ2) is 9.53. The van der Waals surface area contributed by atoms with Crippen LogP contribution in [0.3, 0.4) is 0 Å². The lowest BCUT2D eigenvalue weighted by molar-refractivity contribution is -0.119. The molecule has 1 saturated heterocycles. The fraction of sp³-hybridized carbons (Fsp3) is 0.263. The zero-order valence-corrected chi connectivity index (χ0v) is 18.6. The third-order valence-electron chi connectivity index (χ3n) is 4.41. The van der Waals surface area contributed by atoms with Gasteiger partial charge in [-0.25, -0.2) is 13.2 Å². The number of anilines is 1. The molecule has 3 rings (SSSR count). The van der Waals surface area contributed by atoms with Crippen LogP contribution < -0.4 is 5.32 Å². The highest BCUT2D eigenvalue weighted by molar-refractivity contribution is 7.89. The van der Waals surface area contributed by atoms with Crippen molar-refractivity contribution < 1.29 is 22.7 Å². The van der Waals surface area contributed by atoms with E-state index in [0.717, 1.165) is 12.8 Å². The van der Waals surface area contributed by atoms with Crippen LogP contribution in [0.2, 0.25) is 15.1 Å². The summed E-state index contributed by atoms with van der Waals surface area (Å²) in [6.07, 6.45) is 1.66. The fourth-order valence-electron chi connectivity index (χ4n) is 2.86. The number of sulfonamides is 1. The van der Waals surface area contributed by atoms with Crippen molar-refractivity contribution in [1.82, 2.24) is 4.31 Å². The molecule has 0 radical (unpaired) electrons. The Morgan fingerprint density at radius 3 is 2.20 bits per heavy atom. The van der Waals surface area contributed by atoms with Crippen molar-refractivity contribution >= 4 is 62.4 Å². The molecule has 0 aliphatic carbocycles. The minimum absolute atomic E-state index is 0.105. The molecular formula is C19H17Cl3N2O5S. The van der Waals surface area contributed by atoms with E-state index >= 15 is 0 Å². The molecule has 0 atom stereocenters. The Bertz CT molecular complexity index is 1070. The first-order chi connectivity index (χ1) is 14.2. The van der Waals surface area contributed by atoms with Crippen molar-refractivity contribution in [3.05, 3.63) is 57.0 Å². The SMILES string of the molecule is O=C(COC(=O)c1ccc(S(=O)(=O)N2CCCC2)cc1)Nc1cc(Cl)c(Cl)cc1Cl. The van der Waals surface area contributed by atoms with Crippen molar-refractivity contribution in [2.75, 3.05) is 25.0 Å². The van der Waals surface area contributed by atoms with Crippen molar-refractivity contribution in [3.63, 3.8) is 0 Å². The molecule has 160 valence electrons. The molecule has 1 heterocycles. The van der Waals surface area contributed by atoms with E-state index in [0.29, 0.717) is 13.1 Å². The zero-order chi connectivity index (χ0) is 21.9. The molecule has 0 saturated carbocycles. The van der Waals surface area contributed by atoms with Crippen LogP contribution in [0.15, 0.2) is 41.3 Å². The molecule has 2 aromatic rings. The molecule has 1 aliphatic rings. The summed E-state index contributed by atoms with van der Waals surface area (Å²) >= 11 is 17.7. The molecule has 0 spiro atoms. The molecule has 2 aromatic carbocycles. The number of benzene rings is 2. The summed E-state index contributed by atoms with van der Waals surface area (Å²) in [5, 5.41) is 3.09. The summed E-state index contributed by atoms with van der Waals surface area (Å²) in [7, 11) is -3.57. The maximum atomic E-state index is 12.5.